The van der Waals surface area contributed by atoms with Crippen LogP contribution in [0.2, 0.25) is 0 Å². The Kier molecular flexibility index (Phi) is 4.26. The molecule has 4 nitrogen and oxygen atoms in total. The van der Waals surface area contributed by atoms with E-state index < -0.39 is 0 Å². The predicted molar refractivity (Wildman–Crippen MR) is 134 cm³/mol. The number of Topliss-reactive ketones (excluding diaryl/α,β-unsaturated/α-hetero) is 1. The number of benzene rings is 5. The number of hydrogen-bond donors (Lipinski definition) is 0. The van der Waals surface area contributed by atoms with Gasteiger partial charge >= 0.3 is 0 Å². The average Bonchev–Trinajstić information content (AvgIpc) is 2.86. The highest BCUT2D eigenvalue weighted by molar-refractivity contribution is 6.25. The minimum Gasteiger partial charge on any atom is -0.872 e. The van der Waals surface area contributed by atoms with Crippen LogP contribution < -0.4 is 21.2 Å². The molecule has 162 valence electrons. The molecule has 0 saturated heterocycles. The Morgan fingerprint density at radius 3 is 1.85 bits per heavy atom. The van der Waals surface area contributed by atoms with E-state index in [4.69, 9.17) is 0 Å². The monoisotopic (exact) mass is 441 g/mol. The molecule has 0 radical (unpaired) electrons. The summed E-state index contributed by atoms with van der Waals surface area (Å²) in [5.74, 6) is -0.716. The molecule has 1 aliphatic rings. The highest BCUT2D eigenvalue weighted by atomic mass is 16.3. The zero-order valence-corrected chi connectivity index (χ0v) is 18.2. The quantitative estimate of drug-likeness (QED) is 0.419. The van der Waals surface area contributed by atoms with E-state index >= 15 is 0 Å². The van der Waals surface area contributed by atoms with Crippen LogP contribution in [0.4, 0.5) is 0 Å². The average molecular weight is 441 g/mol. The molecule has 0 heterocycles. The van der Waals surface area contributed by atoms with Crippen molar-refractivity contribution >= 4 is 49.9 Å². The van der Waals surface area contributed by atoms with E-state index in [2.05, 4.69) is 0 Å². The van der Waals surface area contributed by atoms with Crippen LogP contribution in [-0.4, -0.2) is 5.78 Å². The van der Waals surface area contributed by atoms with Gasteiger partial charge in [0.1, 0.15) is 0 Å². The molecule has 0 fully saturated rings. The fraction of sp³-hybridized carbons (Fsp3) is 0.0333. The van der Waals surface area contributed by atoms with Gasteiger partial charge < -0.3 is 5.11 Å². The largest absolute Gasteiger partial charge is 0.872 e. The summed E-state index contributed by atoms with van der Waals surface area (Å²) in [5.41, 5.74) is 0.742. The van der Waals surface area contributed by atoms with Gasteiger partial charge in [0.2, 0.25) is 0 Å². The molecule has 0 aromatic heterocycles. The van der Waals surface area contributed by atoms with Crippen molar-refractivity contribution in [3.8, 4) is 0 Å². The van der Waals surface area contributed by atoms with Crippen molar-refractivity contribution in [1.82, 2.24) is 0 Å². The molecule has 5 aromatic rings. The normalized spacial score (nSPS) is 13.9. The number of ketones is 1. The smallest absolute Gasteiger partial charge is 0.197 e. The highest BCUT2D eigenvalue weighted by Gasteiger charge is 2.22. The molecule has 6 rings (SSSR count). The summed E-state index contributed by atoms with van der Waals surface area (Å²) in [4.78, 5) is 39.6. The maximum Gasteiger partial charge on any atom is 0.197 e. The van der Waals surface area contributed by atoms with Crippen molar-refractivity contribution in [3.63, 3.8) is 0 Å². The van der Waals surface area contributed by atoms with E-state index in [1.54, 1.807) is 55.5 Å². The van der Waals surface area contributed by atoms with Crippen molar-refractivity contribution in [2.24, 2.45) is 0 Å². The summed E-state index contributed by atoms with van der Waals surface area (Å²) < 4.78 is 0. The van der Waals surface area contributed by atoms with E-state index in [1.165, 1.54) is 12.2 Å². The Bertz CT molecular complexity index is 1860. The van der Waals surface area contributed by atoms with E-state index in [0.717, 1.165) is 10.8 Å². The first-order valence-electron chi connectivity index (χ1n) is 10.9. The minimum atomic E-state index is -0.358. The van der Waals surface area contributed by atoms with Crippen molar-refractivity contribution in [3.05, 3.63) is 127 Å². The van der Waals surface area contributed by atoms with Crippen LogP contribution in [0.5, 0.6) is 0 Å². The third-order valence-electron chi connectivity index (χ3n) is 6.51. The molecule has 1 aliphatic carbocycles. The molecule has 0 atom stereocenters. The molecule has 4 heteroatoms. The molecular formula is C30H17O4-. The number of allylic oxidation sites excluding steroid dienone is 3. The topological polar surface area (TPSA) is 74.3 Å². The molecule has 0 unspecified atom stereocenters. The second-order valence-corrected chi connectivity index (χ2v) is 8.60. The van der Waals surface area contributed by atoms with Gasteiger partial charge in [-0.1, -0.05) is 78.6 Å². The van der Waals surface area contributed by atoms with Gasteiger partial charge in [-0.15, -0.1) is 0 Å². The molecule has 34 heavy (non-hydrogen) atoms. The van der Waals surface area contributed by atoms with Gasteiger partial charge in [0.15, 0.2) is 16.6 Å². The summed E-state index contributed by atoms with van der Waals surface area (Å²) >= 11 is 0. The molecule has 0 aliphatic heterocycles. The zero-order chi connectivity index (χ0) is 23.6. The number of rotatable bonds is 2. The van der Waals surface area contributed by atoms with Crippen LogP contribution in [0.3, 0.4) is 0 Å². The van der Waals surface area contributed by atoms with Crippen molar-refractivity contribution in [2.75, 3.05) is 0 Å². The molecule has 0 spiro atoms. The fourth-order valence-corrected chi connectivity index (χ4v) is 4.98. The van der Waals surface area contributed by atoms with Crippen LogP contribution in [-0.2, 0) is 0 Å². The summed E-state index contributed by atoms with van der Waals surface area (Å²) in [7, 11) is 0. The maximum atomic E-state index is 13.2. The van der Waals surface area contributed by atoms with Crippen LogP contribution in [0, 0.1) is 0 Å². The Balaban J connectivity index is 1.59. The summed E-state index contributed by atoms with van der Waals surface area (Å²) in [6.45, 7) is 1.68. The number of carbonyl (C=O) groups is 1. The maximum absolute atomic E-state index is 13.2. The van der Waals surface area contributed by atoms with Crippen LogP contribution in [0.25, 0.3) is 44.2 Å². The zero-order valence-electron chi connectivity index (χ0n) is 18.2. The first kappa shape index (κ1) is 20.1. The Morgan fingerprint density at radius 2 is 1.24 bits per heavy atom. The SMILES string of the molecule is C/C(C=c1c(=O)c2cccc3cccc(c1=O)c32)=C\C1=C([O-])c2cccc3cccc(c23)C1=O. The molecule has 0 saturated carbocycles. The number of carbonyl (C=O) groups excluding carboxylic acids is 1. The second kappa shape index (κ2) is 7.22. The highest BCUT2D eigenvalue weighted by Crippen LogP contribution is 2.34. The second-order valence-electron chi connectivity index (χ2n) is 8.60. The van der Waals surface area contributed by atoms with E-state index in [0.29, 0.717) is 38.2 Å². The summed E-state index contributed by atoms with van der Waals surface area (Å²) in [6, 6.07) is 21.5. The lowest BCUT2D eigenvalue weighted by molar-refractivity contribution is -0.244. The Hall–Kier alpha value is -4.57. The third-order valence-corrected chi connectivity index (χ3v) is 6.51. The lowest BCUT2D eigenvalue weighted by Gasteiger charge is -2.25. The summed E-state index contributed by atoms with van der Waals surface area (Å²) in [6.07, 6.45) is 2.96. The number of hydrogen-bond acceptors (Lipinski definition) is 4. The van der Waals surface area contributed by atoms with E-state index in [1.807, 2.05) is 24.3 Å². The van der Waals surface area contributed by atoms with Gasteiger partial charge in [0, 0.05) is 27.3 Å². The predicted octanol–water partition coefficient (Wildman–Crippen LogP) is 3.72. The first-order chi connectivity index (χ1) is 16.5. The standard InChI is InChI=1S/C30H18O4/c1-16(14-23-27(31)19-10-2-6-17-7-3-11-20(25(17)19)28(23)32)15-24-29(33)21-12-4-8-18-9-5-13-22(26(18)21)30(24)34/h2-15,31H,1H3/p-1/b16-14+. The third kappa shape index (κ3) is 2.75. The van der Waals surface area contributed by atoms with Gasteiger partial charge in [0.25, 0.3) is 0 Å². The van der Waals surface area contributed by atoms with Gasteiger partial charge in [-0.3, -0.25) is 14.4 Å². The Labute approximate surface area is 193 Å². The lowest BCUT2D eigenvalue weighted by atomic mass is 9.86. The molecule has 0 bridgehead atoms. The van der Waals surface area contributed by atoms with Crippen LogP contribution in [0.1, 0.15) is 22.8 Å². The van der Waals surface area contributed by atoms with Crippen LogP contribution in [0.15, 0.2) is 99.6 Å². The molecular weight excluding hydrogens is 424 g/mol. The van der Waals surface area contributed by atoms with E-state index in [-0.39, 0.29) is 33.2 Å². The van der Waals surface area contributed by atoms with Gasteiger partial charge in [-0.25, -0.2) is 0 Å². The van der Waals surface area contributed by atoms with Gasteiger partial charge in [0.05, 0.1) is 5.22 Å². The molecule has 5 aromatic carbocycles. The lowest BCUT2D eigenvalue weighted by Crippen LogP contribution is -2.38. The Morgan fingerprint density at radius 1 is 0.706 bits per heavy atom. The molecule has 0 amide bonds. The van der Waals surface area contributed by atoms with Crippen molar-refractivity contribution < 1.29 is 9.90 Å². The van der Waals surface area contributed by atoms with Gasteiger partial charge in [-0.05, 0) is 46.4 Å². The minimum absolute atomic E-state index is 0.0266. The van der Waals surface area contributed by atoms with Crippen molar-refractivity contribution in [1.29, 1.82) is 0 Å². The summed E-state index contributed by atoms with van der Waals surface area (Å²) in [5, 5.41) is 17.2. The van der Waals surface area contributed by atoms with Crippen LogP contribution >= 0.6 is 0 Å². The van der Waals surface area contributed by atoms with E-state index in [9.17, 15) is 19.5 Å². The fourth-order valence-electron chi connectivity index (χ4n) is 4.98. The van der Waals surface area contributed by atoms with Gasteiger partial charge in [-0.2, -0.15) is 0 Å². The molecule has 0 N–H and O–H groups in total. The first-order valence-corrected chi connectivity index (χ1v) is 10.9. The van der Waals surface area contributed by atoms with Crippen molar-refractivity contribution in [2.45, 2.75) is 6.92 Å².